The molecule has 10 atom stereocenters. The van der Waals surface area contributed by atoms with E-state index in [1.165, 1.54) is 89.9 Å². The molecule has 350 valence electrons. The van der Waals surface area contributed by atoms with Crippen LogP contribution in [0, 0.1) is 46.3 Å². The second kappa shape index (κ2) is 23.9. The molecule has 3 saturated carbocycles. The van der Waals surface area contributed by atoms with Crippen LogP contribution in [0.5, 0.6) is 0 Å². The van der Waals surface area contributed by atoms with Gasteiger partial charge in [0.2, 0.25) is 0 Å². The van der Waals surface area contributed by atoms with E-state index in [9.17, 15) is 24.6 Å². The van der Waals surface area contributed by atoms with Crippen molar-refractivity contribution in [3.05, 3.63) is 11.6 Å². The zero-order valence-corrected chi connectivity index (χ0v) is 39.7. The van der Waals surface area contributed by atoms with Gasteiger partial charge in [-0.25, -0.2) is 0 Å². The number of aliphatic hydroxyl groups is 2. The molecule has 1 aliphatic heterocycles. The molecule has 5 rings (SSSR count). The van der Waals surface area contributed by atoms with Gasteiger partial charge in [0.25, 0.3) is 0 Å². The van der Waals surface area contributed by atoms with Gasteiger partial charge in [0.1, 0.15) is 12.2 Å². The Morgan fingerprint density at radius 1 is 0.836 bits per heavy atom. The van der Waals surface area contributed by atoms with Crippen molar-refractivity contribution < 1.29 is 38.8 Å². The summed E-state index contributed by atoms with van der Waals surface area (Å²) in [5.41, 5.74) is -0.148. The topological polar surface area (TPSA) is 123 Å². The van der Waals surface area contributed by atoms with Gasteiger partial charge in [0.15, 0.2) is 11.4 Å². The summed E-state index contributed by atoms with van der Waals surface area (Å²) in [6.07, 6.45) is 25.8. The molecule has 0 aromatic rings. The van der Waals surface area contributed by atoms with Gasteiger partial charge in [-0.15, -0.1) is 0 Å². The molecule has 1 heterocycles. The van der Waals surface area contributed by atoms with Gasteiger partial charge in [0, 0.05) is 32.5 Å². The first-order valence-corrected chi connectivity index (χ1v) is 25.5. The number of carbonyl (C=O) groups excluding carboxylic acids is 3. The maximum absolute atomic E-state index is 14.1. The van der Waals surface area contributed by atoms with Crippen LogP contribution in [0.15, 0.2) is 11.6 Å². The average Bonchev–Trinajstić information content (AvgIpc) is 3.58. The van der Waals surface area contributed by atoms with Gasteiger partial charge in [-0.3, -0.25) is 19.3 Å². The lowest BCUT2D eigenvalue weighted by Gasteiger charge is -2.61. The highest BCUT2D eigenvalue weighted by Crippen LogP contribution is 2.68. The highest BCUT2D eigenvalue weighted by atomic mass is 16.6. The van der Waals surface area contributed by atoms with Crippen LogP contribution in [-0.4, -0.2) is 90.1 Å². The minimum Gasteiger partial charge on any atom is -0.459 e. The highest BCUT2D eigenvalue weighted by molar-refractivity contribution is 5.96. The molecule has 0 aromatic heterocycles. The maximum atomic E-state index is 14.1. The van der Waals surface area contributed by atoms with E-state index in [1.807, 2.05) is 4.90 Å². The number of unbranched alkanes of at least 4 members (excludes halogenated alkanes) is 10. The summed E-state index contributed by atoms with van der Waals surface area (Å²) in [7, 11) is 0. The summed E-state index contributed by atoms with van der Waals surface area (Å²) >= 11 is 0. The normalized spacial score (nSPS) is 32.0. The van der Waals surface area contributed by atoms with Crippen LogP contribution in [-0.2, 0) is 28.6 Å². The molecule has 1 spiro atoms. The first kappa shape index (κ1) is 50.2. The number of rotatable bonds is 27. The van der Waals surface area contributed by atoms with Gasteiger partial charge < -0.3 is 24.4 Å². The molecule has 0 bridgehead atoms. The number of hydrogen-bond acceptors (Lipinski definition) is 9. The summed E-state index contributed by atoms with van der Waals surface area (Å²) in [4.78, 5) is 42.5. The Morgan fingerprint density at radius 2 is 1.51 bits per heavy atom. The largest absolute Gasteiger partial charge is 0.459 e. The summed E-state index contributed by atoms with van der Waals surface area (Å²) in [5.74, 6) is 3.26. The van der Waals surface area contributed by atoms with Gasteiger partial charge in [-0.05, 0) is 103 Å². The van der Waals surface area contributed by atoms with Crippen LogP contribution in [0.2, 0.25) is 0 Å². The number of nitrogens with zero attached hydrogens (tertiary/aromatic N) is 1. The van der Waals surface area contributed by atoms with Crippen molar-refractivity contribution in [1.29, 1.82) is 0 Å². The molecule has 1 saturated heterocycles. The van der Waals surface area contributed by atoms with Crippen molar-refractivity contribution in [2.75, 3.05) is 39.5 Å². The van der Waals surface area contributed by atoms with Crippen molar-refractivity contribution >= 4 is 17.7 Å². The molecule has 6 unspecified atom stereocenters. The highest BCUT2D eigenvalue weighted by Gasteiger charge is 2.65. The molecule has 9 nitrogen and oxygen atoms in total. The Bertz CT molecular complexity index is 1410. The molecule has 61 heavy (non-hydrogen) atoms. The Kier molecular flexibility index (Phi) is 19.7. The monoisotopic (exact) mass is 856 g/mol. The third-order valence-corrected chi connectivity index (χ3v) is 16.8. The van der Waals surface area contributed by atoms with E-state index >= 15 is 0 Å². The van der Waals surface area contributed by atoms with Crippen molar-refractivity contribution in [3.63, 3.8) is 0 Å². The van der Waals surface area contributed by atoms with Gasteiger partial charge in [-0.2, -0.15) is 0 Å². The summed E-state index contributed by atoms with van der Waals surface area (Å²) in [6, 6.07) is 0. The number of fused-ring (bicyclic) bond motifs is 5. The molecular formula is C52H89NO8. The van der Waals surface area contributed by atoms with Crippen molar-refractivity contribution in [2.45, 2.75) is 213 Å². The third kappa shape index (κ3) is 12.5. The lowest BCUT2D eigenvalue weighted by Crippen LogP contribution is -2.64. The zero-order valence-electron chi connectivity index (χ0n) is 39.7. The van der Waals surface area contributed by atoms with Crippen molar-refractivity contribution in [1.82, 2.24) is 4.90 Å². The van der Waals surface area contributed by atoms with Crippen LogP contribution in [0.25, 0.3) is 0 Å². The lowest BCUT2D eigenvalue weighted by molar-refractivity contribution is -0.204. The molecule has 0 amide bonds. The van der Waals surface area contributed by atoms with Crippen LogP contribution in [0.3, 0.4) is 0 Å². The molecule has 4 fully saturated rings. The number of ketones is 1. The number of esters is 2. The number of hydrogen-bond donors (Lipinski definition) is 2. The Morgan fingerprint density at radius 3 is 2.16 bits per heavy atom. The summed E-state index contributed by atoms with van der Waals surface area (Å²) < 4.78 is 19.3. The fraction of sp³-hybridized carbons (Fsp3) is 0.904. The Labute approximate surface area is 371 Å². The van der Waals surface area contributed by atoms with Gasteiger partial charge in [0.05, 0.1) is 26.2 Å². The Hall–Kier alpha value is -1.81. The molecule has 5 aliphatic rings. The van der Waals surface area contributed by atoms with E-state index in [4.69, 9.17) is 14.2 Å². The van der Waals surface area contributed by atoms with Gasteiger partial charge >= 0.3 is 11.9 Å². The number of allylic oxidation sites excluding steroid dienone is 1. The Balaban J connectivity index is 1.29. The smallest absolute Gasteiger partial charge is 0.307 e. The molecule has 4 aliphatic carbocycles. The number of Topliss-reactive ketones (excluding diaryl/α,β-unsaturated/α-hetero) is 1. The molecule has 0 aromatic carbocycles. The van der Waals surface area contributed by atoms with E-state index in [2.05, 4.69) is 47.6 Å². The van der Waals surface area contributed by atoms with E-state index < -0.39 is 17.8 Å². The minimum atomic E-state index is -1.39. The van der Waals surface area contributed by atoms with Crippen LogP contribution in [0.4, 0.5) is 0 Å². The SMILES string of the molecule is CCCCCCCCCCCCCC(=O)OC(COC1C2=CCC3C(CC[C@@]4(C)C3CC[C@@H]4[C@H](C)CCCC(C)C)[C@@]2(C)CCC12OC(=O)CCC2=O)CN(CCO)CCO. The average molecular weight is 856 g/mol. The maximum Gasteiger partial charge on any atom is 0.307 e. The van der Waals surface area contributed by atoms with Crippen molar-refractivity contribution in [3.8, 4) is 0 Å². The fourth-order valence-corrected chi connectivity index (χ4v) is 13.4. The first-order chi connectivity index (χ1) is 29.3. The van der Waals surface area contributed by atoms with Crippen molar-refractivity contribution in [2.24, 2.45) is 46.3 Å². The number of carbonyl (C=O) groups is 3. The number of ether oxygens (including phenoxy) is 3. The minimum absolute atomic E-state index is 0.0210. The van der Waals surface area contributed by atoms with E-state index in [1.54, 1.807) is 0 Å². The van der Waals surface area contributed by atoms with Crippen LogP contribution in [0.1, 0.15) is 196 Å². The van der Waals surface area contributed by atoms with Gasteiger partial charge in [-0.1, -0.05) is 131 Å². The molecular weight excluding hydrogens is 767 g/mol. The fourth-order valence-electron chi connectivity index (χ4n) is 13.4. The standard InChI is InChI=1S/C52H89NO8/c1-7-8-9-10-11-12-13-14-15-16-17-21-47(57)60-40(36-53(32-34-54)33-35-55)37-59-49-45-23-22-41-43-25-24-42(39(4)20-18-19-38(2)3)50(43,5)29-28-44(41)51(45,6)30-31-52(49)46(56)26-27-48(58)61-52/h23,38-44,49,54-55H,7-22,24-37H2,1-6H3/t39-,40?,41?,42-,43?,44?,49?,50-,51-,52?/m1/s1. The molecule has 9 heteroatoms. The summed E-state index contributed by atoms with van der Waals surface area (Å²) in [6.45, 7) is 15.2. The first-order valence-electron chi connectivity index (χ1n) is 25.5. The molecule has 2 N–H and O–H groups in total. The third-order valence-electron chi connectivity index (χ3n) is 16.8. The molecule has 0 radical (unpaired) electrons. The quantitative estimate of drug-likeness (QED) is 0.0472. The summed E-state index contributed by atoms with van der Waals surface area (Å²) in [5, 5.41) is 19.7. The second-order valence-electron chi connectivity index (χ2n) is 21.4. The number of aliphatic hydroxyl groups excluding tert-OH is 2. The predicted molar refractivity (Wildman–Crippen MR) is 243 cm³/mol. The van der Waals surface area contributed by atoms with E-state index in [-0.39, 0.29) is 62.3 Å². The lowest BCUT2D eigenvalue weighted by atomic mass is 9.45. The second-order valence-corrected chi connectivity index (χ2v) is 21.4. The van der Waals surface area contributed by atoms with E-state index in [0.29, 0.717) is 49.1 Å². The van der Waals surface area contributed by atoms with Crippen LogP contribution >= 0.6 is 0 Å². The van der Waals surface area contributed by atoms with E-state index in [0.717, 1.165) is 61.9 Å². The zero-order chi connectivity index (χ0) is 44.0. The van der Waals surface area contributed by atoms with Crippen LogP contribution < -0.4 is 0 Å². The predicted octanol–water partition coefficient (Wildman–Crippen LogP) is 10.6.